The lowest BCUT2D eigenvalue weighted by Gasteiger charge is -2.15. The van der Waals surface area contributed by atoms with Crippen LogP contribution < -0.4 is 0 Å². The summed E-state index contributed by atoms with van der Waals surface area (Å²) in [5.74, 6) is -0.924. The van der Waals surface area contributed by atoms with E-state index >= 15 is 0 Å². The van der Waals surface area contributed by atoms with Crippen molar-refractivity contribution in [1.82, 2.24) is 0 Å². The fourth-order valence-corrected chi connectivity index (χ4v) is 2.97. The molecule has 0 saturated heterocycles. The van der Waals surface area contributed by atoms with Gasteiger partial charge < -0.3 is 4.74 Å². The molecular weight excluding hydrogens is 288 g/mol. The first-order chi connectivity index (χ1) is 8.72. The predicted molar refractivity (Wildman–Crippen MR) is 73.9 cm³/mol. The maximum absolute atomic E-state index is 12.1. The molecule has 0 bridgehead atoms. The van der Waals surface area contributed by atoms with E-state index in [9.17, 15) is 13.2 Å². The molecular formula is C13H17ClO4S. The summed E-state index contributed by atoms with van der Waals surface area (Å²) in [4.78, 5) is 11.6. The van der Waals surface area contributed by atoms with E-state index in [0.29, 0.717) is 5.02 Å². The molecule has 1 rings (SSSR count). The number of sulfone groups is 1. The SMILES string of the molecule is CC(CS(=O)(=O)c1ccc(Cl)cc1)OC(=O)C(C)C. The highest BCUT2D eigenvalue weighted by molar-refractivity contribution is 7.91. The van der Waals surface area contributed by atoms with Gasteiger partial charge in [0.05, 0.1) is 16.6 Å². The molecule has 0 saturated carbocycles. The van der Waals surface area contributed by atoms with Gasteiger partial charge in [0.2, 0.25) is 0 Å². The molecule has 0 amide bonds. The van der Waals surface area contributed by atoms with Crippen molar-refractivity contribution in [3.05, 3.63) is 29.3 Å². The standard InChI is InChI=1S/C13H17ClO4S/c1-9(2)13(15)18-10(3)8-19(16,17)12-6-4-11(14)5-7-12/h4-7,9-10H,8H2,1-3H3. The predicted octanol–water partition coefficient (Wildman–Crippen LogP) is 2.70. The maximum atomic E-state index is 12.1. The fraction of sp³-hybridized carbons (Fsp3) is 0.462. The number of carbonyl (C=O) groups is 1. The number of ether oxygens (including phenoxy) is 1. The second kappa shape index (κ2) is 6.39. The Morgan fingerprint density at radius 3 is 2.21 bits per heavy atom. The molecule has 4 nitrogen and oxygen atoms in total. The van der Waals surface area contributed by atoms with Crippen molar-refractivity contribution in [1.29, 1.82) is 0 Å². The summed E-state index contributed by atoms with van der Waals surface area (Å²) >= 11 is 5.71. The molecule has 0 radical (unpaired) electrons. The molecule has 6 heteroatoms. The number of benzene rings is 1. The molecule has 106 valence electrons. The molecule has 0 aliphatic rings. The molecule has 0 N–H and O–H groups in total. The summed E-state index contributed by atoms with van der Waals surface area (Å²) in [6.07, 6.45) is -0.685. The molecule has 1 unspecified atom stereocenters. The number of carbonyl (C=O) groups excluding carboxylic acids is 1. The maximum Gasteiger partial charge on any atom is 0.308 e. The highest BCUT2D eigenvalue weighted by atomic mass is 35.5. The van der Waals surface area contributed by atoms with E-state index in [1.165, 1.54) is 24.3 Å². The average Bonchev–Trinajstić information content (AvgIpc) is 2.28. The zero-order chi connectivity index (χ0) is 14.6. The Bertz CT molecular complexity index is 534. The lowest BCUT2D eigenvalue weighted by Crippen LogP contribution is -2.26. The number of hydrogen-bond donors (Lipinski definition) is 0. The monoisotopic (exact) mass is 304 g/mol. The third-order valence-electron chi connectivity index (χ3n) is 2.42. The van der Waals surface area contributed by atoms with Crippen molar-refractivity contribution in [2.75, 3.05) is 5.75 Å². The zero-order valence-electron chi connectivity index (χ0n) is 11.1. The number of halogens is 1. The lowest BCUT2D eigenvalue weighted by atomic mass is 10.2. The summed E-state index contributed by atoms with van der Waals surface area (Å²) in [7, 11) is -3.48. The summed E-state index contributed by atoms with van der Waals surface area (Å²) in [6, 6.07) is 5.90. The smallest absolute Gasteiger partial charge is 0.308 e. The van der Waals surface area contributed by atoms with Gasteiger partial charge in [-0.1, -0.05) is 25.4 Å². The van der Waals surface area contributed by atoms with Crippen LogP contribution in [0.4, 0.5) is 0 Å². The van der Waals surface area contributed by atoms with Crippen LogP contribution in [-0.4, -0.2) is 26.2 Å². The van der Waals surface area contributed by atoms with Crippen LogP contribution in [0, 0.1) is 5.92 Å². The van der Waals surface area contributed by atoms with Gasteiger partial charge >= 0.3 is 5.97 Å². The molecule has 0 heterocycles. The summed E-state index contributed by atoms with van der Waals surface area (Å²) in [5.41, 5.74) is 0. The van der Waals surface area contributed by atoms with E-state index in [2.05, 4.69) is 0 Å². The fourth-order valence-electron chi connectivity index (χ4n) is 1.42. The van der Waals surface area contributed by atoms with Gasteiger partial charge in [-0.05, 0) is 31.2 Å². The van der Waals surface area contributed by atoms with Crippen LogP contribution in [0.2, 0.25) is 5.02 Å². The van der Waals surface area contributed by atoms with E-state index in [-0.39, 0.29) is 16.6 Å². The second-order valence-electron chi connectivity index (χ2n) is 4.64. The highest BCUT2D eigenvalue weighted by Crippen LogP contribution is 2.17. The Balaban J connectivity index is 2.74. The van der Waals surface area contributed by atoms with Crippen LogP contribution >= 0.6 is 11.6 Å². The van der Waals surface area contributed by atoms with Crippen LogP contribution in [-0.2, 0) is 19.4 Å². The minimum atomic E-state index is -3.48. The highest BCUT2D eigenvalue weighted by Gasteiger charge is 2.22. The van der Waals surface area contributed by atoms with Crippen LogP contribution in [0.15, 0.2) is 29.2 Å². The number of rotatable bonds is 5. The van der Waals surface area contributed by atoms with Crippen molar-refractivity contribution in [3.8, 4) is 0 Å². The molecule has 1 atom stereocenters. The van der Waals surface area contributed by atoms with Crippen LogP contribution in [0.25, 0.3) is 0 Å². The number of esters is 1. The molecule has 1 aromatic carbocycles. The van der Waals surface area contributed by atoms with Gasteiger partial charge in [0.15, 0.2) is 9.84 Å². The quantitative estimate of drug-likeness (QED) is 0.785. The van der Waals surface area contributed by atoms with Crippen LogP contribution in [0.5, 0.6) is 0 Å². The summed E-state index contributed by atoms with van der Waals surface area (Å²) in [5, 5.41) is 0.471. The first kappa shape index (κ1) is 16.0. The Morgan fingerprint density at radius 2 is 1.74 bits per heavy atom. The summed E-state index contributed by atoms with van der Waals surface area (Å²) < 4.78 is 29.2. The Hall–Kier alpha value is -1.07. The van der Waals surface area contributed by atoms with E-state index < -0.39 is 21.9 Å². The third-order valence-corrected chi connectivity index (χ3v) is 4.57. The normalized spacial score (nSPS) is 13.3. The molecule has 0 aromatic heterocycles. The minimum Gasteiger partial charge on any atom is -0.461 e. The second-order valence-corrected chi connectivity index (χ2v) is 7.11. The van der Waals surface area contributed by atoms with Crippen LogP contribution in [0.3, 0.4) is 0 Å². The van der Waals surface area contributed by atoms with E-state index in [1.807, 2.05) is 0 Å². The number of hydrogen-bond acceptors (Lipinski definition) is 4. The molecule has 0 fully saturated rings. The van der Waals surface area contributed by atoms with Crippen LogP contribution in [0.1, 0.15) is 20.8 Å². The Morgan fingerprint density at radius 1 is 1.21 bits per heavy atom. The molecule has 0 aliphatic heterocycles. The Kier molecular flexibility index (Phi) is 5.38. The topological polar surface area (TPSA) is 60.4 Å². The van der Waals surface area contributed by atoms with E-state index in [1.54, 1.807) is 20.8 Å². The van der Waals surface area contributed by atoms with Gasteiger partial charge in [-0.2, -0.15) is 0 Å². The molecule has 0 aliphatic carbocycles. The van der Waals surface area contributed by atoms with Gasteiger partial charge in [0.25, 0.3) is 0 Å². The van der Waals surface area contributed by atoms with E-state index in [0.717, 1.165) is 0 Å². The molecule has 1 aromatic rings. The van der Waals surface area contributed by atoms with E-state index in [4.69, 9.17) is 16.3 Å². The van der Waals surface area contributed by atoms with Crippen molar-refractivity contribution in [2.45, 2.75) is 31.8 Å². The summed E-state index contributed by atoms with van der Waals surface area (Å²) in [6.45, 7) is 4.96. The third kappa shape index (κ3) is 4.84. The van der Waals surface area contributed by atoms with Crippen molar-refractivity contribution in [3.63, 3.8) is 0 Å². The van der Waals surface area contributed by atoms with Gasteiger partial charge in [-0.3, -0.25) is 4.79 Å². The zero-order valence-corrected chi connectivity index (χ0v) is 12.7. The first-order valence-corrected chi connectivity index (χ1v) is 7.94. The Labute approximate surface area is 118 Å². The van der Waals surface area contributed by atoms with Gasteiger partial charge in [-0.25, -0.2) is 8.42 Å². The van der Waals surface area contributed by atoms with Crippen molar-refractivity contribution >= 4 is 27.4 Å². The lowest BCUT2D eigenvalue weighted by molar-refractivity contribution is -0.150. The van der Waals surface area contributed by atoms with Gasteiger partial charge in [0, 0.05) is 5.02 Å². The van der Waals surface area contributed by atoms with Gasteiger partial charge in [0.1, 0.15) is 6.10 Å². The average molecular weight is 305 g/mol. The first-order valence-electron chi connectivity index (χ1n) is 5.91. The van der Waals surface area contributed by atoms with Crippen molar-refractivity contribution < 1.29 is 17.9 Å². The largest absolute Gasteiger partial charge is 0.461 e. The molecule has 19 heavy (non-hydrogen) atoms. The van der Waals surface area contributed by atoms with Gasteiger partial charge in [-0.15, -0.1) is 0 Å². The van der Waals surface area contributed by atoms with Crippen molar-refractivity contribution in [2.24, 2.45) is 5.92 Å². The minimum absolute atomic E-state index is 0.171. The molecule has 0 spiro atoms.